The minimum Gasteiger partial charge on any atom is -0.384 e. The number of nitrogens with two attached hydrogens (primary N) is 1. The van der Waals surface area contributed by atoms with E-state index in [4.69, 9.17) is 5.73 Å². The Balaban J connectivity index is 2.24. The third-order valence-electron chi connectivity index (χ3n) is 3.13. The Kier molecular flexibility index (Phi) is 2.07. The molecule has 0 spiro atoms. The van der Waals surface area contributed by atoms with Crippen LogP contribution >= 0.6 is 0 Å². The van der Waals surface area contributed by atoms with E-state index in [1.807, 2.05) is 32.2 Å². The first kappa shape index (κ1) is 10.6. The van der Waals surface area contributed by atoms with Crippen molar-refractivity contribution in [3.05, 3.63) is 34.2 Å². The number of anilines is 1. The van der Waals surface area contributed by atoms with Crippen molar-refractivity contribution in [2.75, 3.05) is 5.73 Å². The molecule has 0 saturated carbocycles. The molecular formula is C12H13N5O. The summed E-state index contributed by atoms with van der Waals surface area (Å²) in [7, 11) is 1.81. The van der Waals surface area contributed by atoms with E-state index in [-0.39, 0.29) is 5.69 Å². The van der Waals surface area contributed by atoms with Crippen LogP contribution in [0.4, 0.5) is 5.82 Å². The van der Waals surface area contributed by atoms with Crippen LogP contribution in [0, 0.1) is 6.92 Å². The van der Waals surface area contributed by atoms with Gasteiger partial charge in [0.1, 0.15) is 5.82 Å². The van der Waals surface area contributed by atoms with Gasteiger partial charge in [-0.15, -0.1) is 0 Å². The maximum Gasteiger partial charge on any atom is 0.323 e. The summed E-state index contributed by atoms with van der Waals surface area (Å²) in [6.07, 6.45) is 0. The summed E-state index contributed by atoms with van der Waals surface area (Å²) in [6, 6.07) is 5.66. The molecule has 92 valence electrons. The van der Waals surface area contributed by atoms with Gasteiger partial charge in [0.25, 0.3) is 0 Å². The number of aryl methyl sites for hydroxylation is 1. The monoisotopic (exact) mass is 243 g/mol. The number of nitrogens with zero attached hydrogens (tertiary/aromatic N) is 2. The molecule has 0 radical (unpaired) electrons. The number of benzene rings is 1. The molecule has 6 nitrogen and oxygen atoms in total. The Bertz CT molecular complexity index is 793. The lowest BCUT2D eigenvalue weighted by Gasteiger charge is -1.98. The Labute approximate surface area is 102 Å². The summed E-state index contributed by atoms with van der Waals surface area (Å²) in [4.78, 5) is 16.7. The van der Waals surface area contributed by atoms with E-state index in [0.29, 0.717) is 5.82 Å². The third-order valence-corrected chi connectivity index (χ3v) is 3.13. The largest absolute Gasteiger partial charge is 0.384 e. The topological polar surface area (TPSA) is 92.5 Å². The molecule has 18 heavy (non-hydrogen) atoms. The maximum atomic E-state index is 11.2. The van der Waals surface area contributed by atoms with Crippen molar-refractivity contribution >= 4 is 16.9 Å². The zero-order valence-electron chi connectivity index (χ0n) is 10.1. The molecule has 6 heteroatoms. The van der Waals surface area contributed by atoms with Gasteiger partial charge in [-0.1, -0.05) is 6.07 Å². The van der Waals surface area contributed by atoms with Gasteiger partial charge in [-0.3, -0.25) is 4.68 Å². The van der Waals surface area contributed by atoms with E-state index < -0.39 is 0 Å². The molecule has 0 fully saturated rings. The molecule has 3 aromatic rings. The number of H-pyrrole nitrogens is 2. The van der Waals surface area contributed by atoms with Crippen molar-refractivity contribution in [2.24, 2.45) is 7.05 Å². The highest BCUT2D eigenvalue weighted by Gasteiger charge is 2.12. The van der Waals surface area contributed by atoms with Crippen molar-refractivity contribution in [2.45, 2.75) is 6.92 Å². The van der Waals surface area contributed by atoms with Crippen molar-refractivity contribution in [1.82, 2.24) is 19.7 Å². The van der Waals surface area contributed by atoms with Crippen molar-refractivity contribution in [1.29, 1.82) is 0 Å². The number of hydrogen-bond donors (Lipinski definition) is 3. The Hall–Kier alpha value is -2.50. The number of hydrogen-bond acceptors (Lipinski definition) is 3. The molecule has 0 saturated heterocycles. The summed E-state index contributed by atoms with van der Waals surface area (Å²) in [5, 5.41) is 4.38. The SMILES string of the molecule is Cc1c(-c2ccc3[nH]c(=O)[nH]c3c2)nn(C)c1N. The van der Waals surface area contributed by atoms with Gasteiger partial charge in [-0.05, 0) is 19.1 Å². The first-order valence-corrected chi connectivity index (χ1v) is 5.58. The van der Waals surface area contributed by atoms with Crippen LogP contribution in [-0.4, -0.2) is 19.7 Å². The van der Waals surface area contributed by atoms with Gasteiger partial charge in [0, 0.05) is 18.2 Å². The highest BCUT2D eigenvalue weighted by atomic mass is 16.1. The van der Waals surface area contributed by atoms with Gasteiger partial charge < -0.3 is 15.7 Å². The summed E-state index contributed by atoms with van der Waals surface area (Å²) in [5.41, 5.74) is 9.94. The van der Waals surface area contributed by atoms with Gasteiger partial charge in [-0.25, -0.2) is 4.79 Å². The predicted molar refractivity (Wildman–Crippen MR) is 70.3 cm³/mol. The molecule has 0 amide bonds. The maximum absolute atomic E-state index is 11.2. The van der Waals surface area contributed by atoms with Crippen LogP contribution in [0.1, 0.15) is 5.56 Å². The molecule has 2 aromatic heterocycles. The van der Waals surface area contributed by atoms with Gasteiger partial charge >= 0.3 is 5.69 Å². The molecular weight excluding hydrogens is 230 g/mol. The summed E-state index contributed by atoms with van der Waals surface area (Å²) < 4.78 is 1.65. The number of aromatic nitrogens is 4. The number of fused-ring (bicyclic) bond motifs is 1. The first-order valence-electron chi connectivity index (χ1n) is 5.58. The molecule has 0 aliphatic heterocycles. The highest BCUT2D eigenvalue weighted by Crippen LogP contribution is 2.27. The van der Waals surface area contributed by atoms with Crippen LogP contribution in [-0.2, 0) is 7.05 Å². The number of aromatic amines is 2. The summed E-state index contributed by atoms with van der Waals surface area (Å²) >= 11 is 0. The van der Waals surface area contributed by atoms with Crippen LogP contribution in [0.5, 0.6) is 0 Å². The van der Waals surface area contributed by atoms with Gasteiger partial charge in [0.15, 0.2) is 0 Å². The van der Waals surface area contributed by atoms with Crippen LogP contribution < -0.4 is 11.4 Å². The second-order valence-corrected chi connectivity index (χ2v) is 4.32. The van der Waals surface area contributed by atoms with E-state index in [1.54, 1.807) is 4.68 Å². The van der Waals surface area contributed by atoms with E-state index in [1.165, 1.54) is 0 Å². The normalized spacial score (nSPS) is 11.2. The van der Waals surface area contributed by atoms with E-state index >= 15 is 0 Å². The Morgan fingerprint density at radius 1 is 1.28 bits per heavy atom. The van der Waals surface area contributed by atoms with Crippen LogP contribution in [0.25, 0.3) is 22.3 Å². The van der Waals surface area contributed by atoms with Crippen molar-refractivity contribution in [3.8, 4) is 11.3 Å². The zero-order valence-corrected chi connectivity index (χ0v) is 10.1. The molecule has 0 atom stereocenters. The molecule has 3 rings (SSSR count). The lowest BCUT2D eigenvalue weighted by atomic mass is 10.1. The van der Waals surface area contributed by atoms with Crippen molar-refractivity contribution in [3.63, 3.8) is 0 Å². The smallest absolute Gasteiger partial charge is 0.323 e. The fraction of sp³-hybridized carbons (Fsp3) is 0.167. The van der Waals surface area contributed by atoms with Crippen molar-refractivity contribution < 1.29 is 0 Å². The minimum absolute atomic E-state index is 0.209. The van der Waals surface area contributed by atoms with Crippen LogP contribution in [0.3, 0.4) is 0 Å². The quantitative estimate of drug-likeness (QED) is 0.598. The highest BCUT2D eigenvalue weighted by molar-refractivity contribution is 5.82. The fourth-order valence-corrected chi connectivity index (χ4v) is 2.10. The number of imidazole rings is 1. The van der Waals surface area contributed by atoms with E-state index in [9.17, 15) is 4.79 Å². The van der Waals surface area contributed by atoms with Gasteiger partial charge in [-0.2, -0.15) is 5.10 Å². The third kappa shape index (κ3) is 1.42. The first-order chi connectivity index (χ1) is 8.56. The molecule has 0 aliphatic rings. The lowest BCUT2D eigenvalue weighted by molar-refractivity contribution is 0.782. The predicted octanol–water partition coefficient (Wildman–Crippen LogP) is 1.15. The molecule has 0 aliphatic carbocycles. The summed E-state index contributed by atoms with van der Waals surface area (Å²) in [6.45, 7) is 1.93. The minimum atomic E-state index is -0.209. The lowest BCUT2D eigenvalue weighted by Crippen LogP contribution is -1.99. The molecule has 0 unspecified atom stereocenters. The average molecular weight is 243 g/mol. The average Bonchev–Trinajstić information content (AvgIpc) is 2.82. The second kappa shape index (κ2) is 3.49. The standard InChI is InChI=1S/C12H13N5O/c1-6-10(16-17(2)11(6)13)7-3-4-8-9(5-7)15-12(18)14-8/h3-5H,13H2,1-2H3,(H2,14,15,18). The Morgan fingerprint density at radius 3 is 2.67 bits per heavy atom. The van der Waals surface area contributed by atoms with E-state index in [2.05, 4.69) is 15.1 Å². The second-order valence-electron chi connectivity index (χ2n) is 4.32. The summed E-state index contributed by atoms with van der Waals surface area (Å²) in [5.74, 6) is 0.646. The number of nitrogens with one attached hydrogen (secondary N) is 2. The van der Waals surface area contributed by atoms with Crippen LogP contribution in [0.15, 0.2) is 23.0 Å². The van der Waals surface area contributed by atoms with Crippen LogP contribution in [0.2, 0.25) is 0 Å². The number of nitrogen functional groups attached to an aromatic ring is 1. The Morgan fingerprint density at radius 2 is 2.00 bits per heavy atom. The molecule has 2 heterocycles. The molecule has 0 bridgehead atoms. The molecule has 1 aromatic carbocycles. The van der Waals surface area contributed by atoms with Gasteiger partial charge in [0.2, 0.25) is 0 Å². The number of rotatable bonds is 1. The zero-order chi connectivity index (χ0) is 12.9. The fourth-order valence-electron chi connectivity index (χ4n) is 2.10. The van der Waals surface area contributed by atoms with E-state index in [0.717, 1.165) is 27.9 Å². The molecule has 4 N–H and O–H groups in total. The van der Waals surface area contributed by atoms with Gasteiger partial charge in [0.05, 0.1) is 16.7 Å².